The van der Waals surface area contributed by atoms with Crippen molar-refractivity contribution >= 4 is 5.91 Å². The molecule has 0 fully saturated rings. The first-order valence-electron chi connectivity index (χ1n) is 8.35. The molecular weight excluding hydrogens is 292 g/mol. The molecule has 1 atom stereocenters. The van der Waals surface area contributed by atoms with Crippen LogP contribution in [0.5, 0.6) is 0 Å². The molecule has 0 radical (unpaired) electrons. The van der Waals surface area contributed by atoms with Gasteiger partial charge in [-0.25, -0.2) is 0 Å². The largest absolute Gasteiger partial charge is 0.350 e. The van der Waals surface area contributed by atoms with Crippen molar-refractivity contribution in [1.29, 1.82) is 0 Å². The van der Waals surface area contributed by atoms with Crippen molar-refractivity contribution in [3.05, 3.63) is 34.0 Å². The summed E-state index contributed by atoms with van der Waals surface area (Å²) in [4.78, 5) is 12.6. The van der Waals surface area contributed by atoms with Crippen molar-refractivity contribution in [3.63, 3.8) is 0 Å². The molecular formula is C17H24N4O2. The predicted octanol–water partition coefficient (Wildman–Crippen LogP) is 2.88. The zero-order valence-corrected chi connectivity index (χ0v) is 14.3. The van der Waals surface area contributed by atoms with Crippen molar-refractivity contribution in [2.75, 3.05) is 0 Å². The summed E-state index contributed by atoms with van der Waals surface area (Å²) in [5.74, 6) is 0.195. The van der Waals surface area contributed by atoms with E-state index in [1.54, 1.807) is 0 Å². The zero-order valence-electron chi connectivity index (χ0n) is 14.3. The molecule has 0 aromatic carbocycles. The highest BCUT2D eigenvalue weighted by Gasteiger charge is 2.26. The van der Waals surface area contributed by atoms with Crippen LogP contribution in [-0.4, -0.2) is 20.8 Å². The van der Waals surface area contributed by atoms with E-state index in [1.165, 1.54) is 0 Å². The number of aryl methyl sites for hydroxylation is 3. The number of rotatable bonds is 4. The van der Waals surface area contributed by atoms with Gasteiger partial charge in [0.1, 0.15) is 0 Å². The highest BCUT2D eigenvalue weighted by molar-refractivity contribution is 5.93. The normalized spacial score (nSPS) is 15.3. The lowest BCUT2D eigenvalue weighted by atomic mass is 9.96. The van der Waals surface area contributed by atoms with E-state index in [1.807, 2.05) is 25.5 Å². The first kappa shape index (κ1) is 15.8. The van der Waals surface area contributed by atoms with Crippen LogP contribution >= 0.6 is 0 Å². The van der Waals surface area contributed by atoms with Gasteiger partial charge in [-0.2, -0.15) is 5.10 Å². The fourth-order valence-corrected chi connectivity index (χ4v) is 3.55. The van der Waals surface area contributed by atoms with Crippen LogP contribution in [0.1, 0.15) is 71.5 Å². The smallest absolute Gasteiger partial charge is 0.290 e. The van der Waals surface area contributed by atoms with Crippen LogP contribution in [0.4, 0.5) is 0 Å². The Hall–Kier alpha value is -2.11. The van der Waals surface area contributed by atoms with E-state index in [0.717, 1.165) is 60.4 Å². The summed E-state index contributed by atoms with van der Waals surface area (Å²) in [6.07, 6.45) is 3.99. The first-order chi connectivity index (χ1) is 11.0. The molecule has 1 amide bonds. The summed E-state index contributed by atoms with van der Waals surface area (Å²) in [6, 6.07) is -0.118. The third kappa shape index (κ3) is 2.78. The maximum atomic E-state index is 12.6. The van der Waals surface area contributed by atoms with Crippen LogP contribution in [0.3, 0.4) is 0 Å². The quantitative estimate of drug-likeness (QED) is 0.941. The van der Waals surface area contributed by atoms with Crippen LogP contribution in [0, 0.1) is 13.8 Å². The number of aromatic nitrogens is 3. The molecule has 6 heteroatoms. The number of fused-ring (bicyclic) bond motifs is 1. The summed E-state index contributed by atoms with van der Waals surface area (Å²) in [6.45, 7) is 8.89. The standard InChI is InChI=1S/C17H24N4O2/c1-5-21-12(4)15(11(3)19-21)10(2)18-17(22)16-13-8-6-7-9-14(13)20-23-16/h10H,5-9H2,1-4H3,(H,18,22)/t10-/m0/s1. The monoisotopic (exact) mass is 316 g/mol. The van der Waals surface area contributed by atoms with E-state index < -0.39 is 0 Å². The van der Waals surface area contributed by atoms with Crippen molar-refractivity contribution in [1.82, 2.24) is 20.3 Å². The van der Waals surface area contributed by atoms with Gasteiger partial charge in [0.05, 0.1) is 17.4 Å². The molecule has 1 N–H and O–H groups in total. The number of carbonyl (C=O) groups is 1. The SMILES string of the molecule is CCn1nc(C)c([C@H](C)NC(=O)c2onc3c2CCCC3)c1C. The summed E-state index contributed by atoms with van der Waals surface area (Å²) >= 11 is 0. The summed E-state index contributed by atoms with van der Waals surface area (Å²) in [7, 11) is 0. The molecule has 6 nitrogen and oxygen atoms in total. The van der Waals surface area contributed by atoms with Crippen LogP contribution in [0.15, 0.2) is 4.52 Å². The highest BCUT2D eigenvalue weighted by Crippen LogP contribution is 2.26. The molecule has 124 valence electrons. The lowest BCUT2D eigenvalue weighted by Crippen LogP contribution is -2.28. The predicted molar refractivity (Wildman–Crippen MR) is 86.4 cm³/mol. The Labute approximate surface area is 136 Å². The molecule has 3 rings (SSSR count). The topological polar surface area (TPSA) is 73.0 Å². The van der Waals surface area contributed by atoms with Crippen LogP contribution in [0.2, 0.25) is 0 Å². The van der Waals surface area contributed by atoms with Gasteiger partial charge in [0.25, 0.3) is 5.91 Å². The Morgan fingerprint density at radius 1 is 1.35 bits per heavy atom. The molecule has 0 bridgehead atoms. The average molecular weight is 316 g/mol. The molecule has 1 aliphatic rings. The second kappa shape index (κ2) is 6.18. The zero-order chi connectivity index (χ0) is 16.6. The minimum absolute atomic E-state index is 0.118. The molecule has 23 heavy (non-hydrogen) atoms. The maximum absolute atomic E-state index is 12.6. The van der Waals surface area contributed by atoms with Crippen LogP contribution in [0.25, 0.3) is 0 Å². The number of amides is 1. The third-order valence-electron chi connectivity index (χ3n) is 4.68. The highest BCUT2D eigenvalue weighted by atomic mass is 16.5. The summed E-state index contributed by atoms with van der Waals surface area (Å²) < 4.78 is 7.28. The van der Waals surface area contributed by atoms with E-state index in [4.69, 9.17) is 4.52 Å². The lowest BCUT2D eigenvalue weighted by molar-refractivity contribution is 0.0901. The van der Waals surface area contributed by atoms with E-state index in [-0.39, 0.29) is 11.9 Å². The van der Waals surface area contributed by atoms with Gasteiger partial charge < -0.3 is 9.84 Å². The molecule has 0 saturated carbocycles. The van der Waals surface area contributed by atoms with Gasteiger partial charge in [0, 0.05) is 23.4 Å². The van der Waals surface area contributed by atoms with E-state index >= 15 is 0 Å². The Balaban J connectivity index is 1.80. The Morgan fingerprint density at radius 2 is 2.09 bits per heavy atom. The van der Waals surface area contributed by atoms with Crippen molar-refractivity contribution in [2.24, 2.45) is 0 Å². The molecule has 0 unspecified atom stereocenters. The lowest BCUT2D eigenvalue weighted by Gasteiger charge is -2.15. The van der Waals surface area contributed by atoms with E-state index in [9.17, 15) is 4.79 Å². The number of nitrogens with zero attached hydrogens (tertiary/aromatic N) is 3. The van der Waals surface area contributed by atoms with Gasteiger partial charge in [-0.3, -0.25) is 9.48 Å². The second-order valence-electron chi connectivity index (χ2n) is 6.24. The summed E-state index contributed by atoms with van der Waals surface area (Å²) in [5, 5.41) is 11.6. The van der Waals surface area contributed by atoms with Gasteiger partial charge in [0.2, 0.25) is 5.76 Å². The maximum Gasteiger partial charge on any atom is 0.290 e. The van der Waals surface area contributed by atoms with Gasteiger partial charge in [-0.15, -0.1) is 0 Å². The molecule has 1 aliphatic carbocycles. The first-order valence-corrected chi connectivity index (χ1v) is 8.35. The molecule has 2 aromatic rings. The fraction of sp³-hybridized carbons (Fsp3) is 0.588. The average Bonchev–Trinajstić information content (AvgIpc) is 3.08. The molecule has 2 heterocycles. The van der Waals surface area contributed by atoms with Crippen molar-refractivity contribution in [2.45, 2.75) is 66.0 Å². The Kier molecular flexibility index (Phi) is 4.24. The number of hydrogen-bond donors (Lipinski definition) is 1. The van der Waals surface area contributed by atoms with Gasteiger partial charge in [-0.1, -0.05) is 5.16 Å². The van der Waals surface area contributed by atoms with Gasteiger partial charge in [0.15, 0.2) is 0 Å². The van der Waals surface area contributed by atoms with Crippen molar-refractivity contribution < 1.29 is 9.32 Å². The third-order valence-corrected chi connectivity index (χ3v) is 4.68. The number of carbonyl (C=O) groups excluding carboxylic acids is 1. The number of nitrogens with one attached hydrogen (secondary N) is 1. The molecule has 0 spiro atoms. The Bertz CT molecular complexity index is 729. The summed E-state index contributed by atoms with van der Waals surface area (Å²) in [5.41, 5.74) is 5.06. The van der Waals surface area contributed by atoms with E-state index in [0.29, 0.717) is 5.76 Å². The Morgan fingerprint density at radius 3 is 2.78 bits per heavy atom. The van der Waals surface area contributed by atoms with Crippen molar-refractivity contribution in [3.8, 4) is 0 Å². The fourth-order valence-electron chi connectivity index (χ4n) is 3.55. The second-order valence-corrected chi connectivity index (χ2v) is 6.24. The minimum atomic E-state index is -0.184. The van der Waals surface area contributed by atoms with E-state index in [2.05, 4.69) is 22.5 Å². The van der Waals surface area contributed by atoms with Gasteiger partial charge >= 0.3 is 0 Å². The van der Waals surface area contributed by atoms with Crippen LogP contribution < -0.4 is 5.32 Å². The van der Waals surface area contributed by atoms with Gasteiger partial charge in [-0.05, 0) is 53.4 Å². The molecule has 0 aliphatic heterocycles. The minimum Gasteiger partial charge on any atom is -0.350 e. The van der Waals surface area contributed by atoms with Crippen LogP contribution in [-0.2, 0) is 19.4 Å². The number of hydrogen-bond acceptors (Lipinski definition) is 4. The molecule has 0 saturated heterocycles. The molecule has 2 aromatic heterocycles.